The van der Waals surface area contributed by atoms with Gasteiger partial charge in [-0.1, -0.05) is 54.1 Å². The predicted octanol–water partition coefficient (Wildman–Crippen LogP) is 7.01. The fraction of sp³-hybridized carbons (Fsp3) is 0.103. The average molecular weight is 529 g/mol. The van der Waals surface area contributed by atoms with Crippen LogP contribution in [0, 0.1) is 11.6 Å². The summed E-state index contributed by atoms with van der Waals surface area (Å²) < 4.78 is 28.9. The lowest BCUT2D eigenvalue weighted by molar-refractivity contribution is 0.626. The van der Waals surface area contributed by atoms with Crippen LogP contribution in [0.15, 0.2) is 97.4 Å². The maximum atomic E-state index is 13.8. The molecule has 0 saturated carbocycles. The van der Waals surface area contributed by atoms with Crippen LogP contribution >= 0.6 is 11.6 Å². The van der Waals surface area contributed by atoms with Crippen molar-refractivity contribution in [2.75, 3.05) is 0 Å². The van der Waals surface area contributed by atoms with Gasteiger partial charge in [0.1, 0.15) is 23.8 Å². The number of fused-ring (bicyclic) bond motifs is 1. The Morgan fingerprint density at radius 2 is 1.84 bits per heavy atom. The minimum atomic E-state index is -0.351. The number of allylic oxidation sites excluding steroid dienone is 5. The van der Waals surface area contributed by atoms with Crippen molar-refractivity contribution in [3.8, 4) is 5.69 Å². The van der Waals surface area contributed by atoms with Crippen LogP contribution < -0.4 is 0 Å². The highest BCUT2D eigenvalue weighted by Crippen LogP contribution is 2.31. The summed E-state index contributed by atoms with van der Waals surface area (Å²) in [6, 6.07) is 16.3. The molecule has 0 spiro atoms. The van der Waals surface area contributed by atoms with Crippen LogP contribution in [0.2, 0.25) is 5.02 Å². The summed E-state index contributed by atoms with van der Waals surface area (Å²) in [5.74, 6) is -0.141. The standard InChI is InChI=1S/C29H23ClF2N6/c1-3-20(25-15-21(30)8-13-28(25)38-17-33-36-37-38)7-4-18(2)24(14-19-5-9-22(31)10-6-19)29-34-26-12-11-23(32)16-27(26)35-29/h3-13,15-17,24H,1,14H2,2H3,(H,34,35)/b18-4+,20-7+/t24-/m0/s1. The number of nitrogens with zero attached hydrogens (tertiary/aromatic N) is 5. The molecule has 0 fully saturated rings. The molecule has 0 aliphatic heterocycles. The van der Waals surface area contributed by atoms with Gasteiger partial charge in [0.2, 0.25) is 0 Å². The van der Waals surface area contributed by atoms with E-state index in [1.54, 1.807) is 35.0 Å². The highest BCUT2D eigenvalue weighted by molar-refractivity contribution is 6.30. The molecule has 0 bridgehead atoms. The molecule has 0 unspecified atom stereocenters. The lowest BCUT2D eigenvalue weighted by atomic mass is 9.91. The van der Waals surface area contributed by atoms with Crippen LogP contribution in [0.4, 0.5) is 8.78 Å². The quantitative estimate of drug-likeness (QED) is 0.220. The molecule has 0 aliphatic carbocycles. The number of halogens is 3. The molecule has 0 radical (unpaired) electrons. The maximum Gasteiger partial charge on any atom is 0.143 e. The van der Waals surface area contributed by atoms with Crippen LogP contribution in [0.5, 0.6) is 0 Å². The highest BCUT2D eigenvalue weighted by Gasteiger charge is 2.19. The van der Waals surface area contributed by atoms with Gasteiger partial charge in [0, 0.05) is 22.6 Å². The van der Waals surface area contributed by atoms with Crippen molar-refractivity contribution in [2.24, 2.45) is 0 Å². The number of rotatable bonds is 8. The number of benzene rings is 3. The SMILES string of the molecule is C=C/C(=C\C=C(/C)[C@H](Cc1ccc(F)cc1)c1nc2cc(F)ccc2[nH]1)c1cc(Cl)ccc1-n1cnnn1. The van der Waals surface area contributed by atoms with Crippen molar-refractivity contribution in [2.45, 2.75) is 19.3 Å². The molecule has 0 aliphatic rings. The highest BCUT2D eigenvalue weighted by atomic mass is 35.5. The van der Waals surface area contributed by atoms with E-state index in [1.807, 2.05) is 31.2 Å². The van der Waals surface area contributed by atoms with Crippen molar-refractivity contribution in [3.63, 3.8) is 0 Å². The summed E-state index contributed by atoms with van der Waals surface area (Å²) in [6.07, 6.45) is 7.75. The fourth-order valence-electron chi connectivity index (χ4n) is 4.31. The molecule has 0 saturated heterocycles. The number of hydrogen-bond acceptors (Lipinski definition) is 4. The third-order valence-electron chi connectivity index (χ3n) is 6.31. The Morgan fingerprint density at radius 1 is 1.05 bits per heavy atom. The molecule has 2 heterocycles. The molecule has 0 amide bonds. The number of imidazole rings is 1. The summed E-state index contributed by atoms with van der Waals surface area (Å²) in [6.45, 7) is 5.99. The van der Waals surface area contributed by atoms with Gasteiger partial charge in [0.25, 0.3) is 0 Å². The van der Waals surface area contributed by atoms with E-state index in [-0.39, 0.29) is 17.6 Å². The van der Waals surface area contributed by atoms with Gasteiger partial charge in [0.15, 0.2) is 0 Å². The van der Waals surface area contributed by atoms with Gasteiger partial charge in [-0.25, -0.2) is 13.8 Å². The molecule has 190 valence electrons. The van der Waals surface area contributed by atoms with E-state index in [0.29, 0.717) is 22.8 Å². The molecule has 5 aromatic rings. The molecular formula is C29H23ClF2N6. The van der Waals surface area contributed by atoms with Crippen molar-refractivity contribution in [1.29, 1.82) is 0 Å². The minimum absolute atomic E-state index is 0.184. The van der Waals surface area contributed by atoms with Gasteiger partial charge < -0.3 is 4.98 Å². The Morgan fingerprint density at radius 3 is 2.58 bits per heavy atom. The van der Waals surface area contributed by atoms with E-state index < -0.39 is 0 Å². The monoisotopic (exact) mass is 528 g/mol. The molecule has 3 aromatic carbocycles. The van der Waals surface area contributed by atoms with Crippen molar-refractivity contribution < 1.29 is 8.78 Å². The Kier molecular flexibility index (Phi) is 7.24. The first-order chi connectivity index (χ1) is 18.4. The van der Waals surface area contributed by atoms with Crippen LogP contribution in [0.25, 0.3) is 22.3 Å². The summed E-state index contributed by atoms with van der Waals surface area (Å²) in [5, 5.41) is 12.0. The van der Waals surface area contributed by atoms with E-state index in [4.69, 9.17) is 11.6 Å². The Labute approximate surface area is 223 Å². The lowest BCUT2D eigenvalue weighted by Gasteiger charge is -2.16. The first kappa shape index (κ1) is 25.2. The zero-order chi connectivity index (χ0) is 26.6. The molecule has 9 heteroatoms. The summed E-state index contributed by atoms with van der Waals surface area (Å²) in [7, 11) is 0. The molecule has 38 heavy (non-hydrogen) atoms. The number of aromatic amines is 1. The summed E-state index contributed by atoms with van der Waals surface area (Å²) >= 11 is 6.32. The Bertz CT molecular complexity index is 1650. The lowest BCUT2D eigenvalue weighted by Crippen LogP contribution is -2.07. The Balaban J connectivity index is 1.56. The number of hydrogen-bond donors (Lipinski definition) is 1. The number of H-pyrrole nitrogens is 1. The van der Waals surface area contributed by atoms with Crippen LogP contribution in [-0.4, -0.2) is 30.2 Å². The van der Waals surface area contributed by atoms with Gasteiger partial charge in [-0.05, 0) is 77.4 Å². The zero-order valence-corrected chi connectivity index (χ0v) is 21.2. The normalized spacial score (nSPS) is 13.2. The number of tetrazole rings is 1. The van der Waals surface area contributed by atoms with E-state index in [1.165, 1.54) is 30.6 Å². The second kappa shape index (κ2) is 10.9. The van der Waals surface area contributed by atoms with Gasteiger partial charge in [-0.15, -0.1) is 5.10 Å². The van der Waals surface area contributed by atoms with Crippen molar-refractivity contribution in [3.05, 3.63) is 131 Å². The van der Waals surface area contributed by atoms with Crippen LogP contribution in [0.1, 0.15) is 29.8 Å². The second-order valence-electron chi connectivity index (χ2n) is 8.82. The minimum Gasteiger partial charge on any atom is -0.341 e. The van der Waals surface area contributed by atoms with Crippen LogP contribution in [-0.2, 0) is 6.42 Å². The zero-order valence-electron chi connectivity index (χ0n) is 20.4. The molecule has 1 atom stereocenters. The van der Waals surface area contributed by atoms with Gasteiger partial charge in [-0.2, -0.15) is 4.68 Å². The van der Waals surface area contributed by atoms with E-state index >= 15 is 0 Å². The van der Waals surface area contributed by atoms with E-state index in [0.717, 1.165) is 33.5 Å². The second-order valence-corrected chi connectivity index (χ2v) is 9.26. The average Bonchev–Trinajstić information content (AvgIpc) is 3.59. The van der Waals surface area contributed by atoms with Crippen molar-refractivity contribution >= 4 is 28.2 Å². The third kappa shape index (κ3) is 5.45. The molecule has 5 rings (SSSR count). The molecule has 1 N–H and O–H groups in total. The molecular weight excluding hydrogens is 506 g/mol. The molecule has 2 aromatic heterocycles. The first-order valence-corrected chi connectivity index (χ1v) is 12.2. The van der Waals surface area contributed by atoms with Gasteiger partial charge >= 0.3 is 0 Å². The van der Waals surface area contributed by atoms with Crippen molar-refractivity contribution in [1.82, 2.24) is 30.2 Å². The van der Waals surface area contributed by atoms with E-state index in [9.17, 15) is 8.78 Å². The predicted molar refractivity (Wildman–Crippen MR) is 145 cm³/mol. The number of aromatic nitrogens is 6. The Hall–Kier alpha value is -4.43. The van der Waals surface area contributed by atoms with Gasteiger partial charge in [0.05, 0.1) is 16.7 Å². The largest absolute Gasteiger partial charge is 0.341 e. The van der Waals surface area contributed by atoms with E-state index in [2.05, 4.69) is 32.1 Å². The first-order valence-electron chi connectivity index (χ1n) is 11.8. The summed E-state index contributed by atoms with van der Waals surface area (Å²) in [5.41, 5.74) is 5.58. The fourth-order valence-corrected chi connectivity index (χ4v) is 4.48. The van der Waals surface area contributed by atoms with Crippen LogP contribution in [0.3, 0.4) is 0 Å². The summed E-state index contributed by atoms with van der Waals surface area (Å²) in [4.78, 5) is 8.01. The maximum absolute atomic E-state index is 13.8. The topological polar surface area (TPSA) is 72.3 Å². The van der Waals surface area contributed by atoms with Gasteiger partial charge in [-0.3, -0.25) is 0 Å². The number of nitrogens with one attached hydrogen (secondary N) is 1. The third-order valence-corrected chi connectivity index (χ3v) is 6.54. The smallest absolute Gasteiger partial charge is 0.143 e. The molecule has 6 nitrogen and oxygen atoms in total.